The van der Waals surface area contributed by atoms with Gasteiger partial charge in [0, 0.05) is 24.5 Å². The number of hydrogen-bond donors (Lipinski definition) is 0. The highest BCUT2D eigenvalue weighted by Gasteiger charge is 2.24. The van der Waals surface area contributed by atoms with Crippen molar-refractivity contribution in [2.75, 3.05) is 52.5 Å². The Hall–Kier alpha value is -2.03. The molecule has 0 N–H and O–H groups in total. The number of likely N-dealkylation sites (tertiary alicyclic amines) is 1. The van der Waals surface area contributed by atoms with E-state index in [1.165, 1.54) is 4.90 Å². The molecule has 10 nitrogen and oxygen atoms in total. The minimum atomic E-state index is -0.650. The van der Waals surface area contributed by atoms with Gasteiger partial charge in [0.05, 0.1) is 25.9 Å². The van der Waals surface area contributed by atoms with Crippen LogP contribution in [0.4, 0.5) is 4.79 Å². The van der Waals surface area contributed by atoms with E-state index in [1.807, 2.05) is 0 Å². The second kappa shape index (κ2) is 11.6. The first-order valence-electron chi connectivity index (χ1n) is 9.23. The van der Waals surface area contributed by atoms with Crippen LogP contribution in [0.15, 0.2) is 5.11 Å². The Balaban J connectivity index is 2.36. The van der Waals surface area contributed by atoms with Crippen LogP contribution < -0.4 is 0 Å². The van der Waals surface area contributed by atoms with E-state index in [-0.39, 0.29) is 32.3 Å². The van der Waals surface area contributed by atoms with Gasteiger partial charge in [0.2, 0.25) is 0 Å². The SMILES string of the molecule is CCOC(=O)CN(CCOCCN1CCC(N=[N+]=[N-])C1)C(=O)OC(C)(C)C. The summed E-state index contributed by atoms with van der Waals surface area (Å²) in [6, 6.07) is 0.0298. The van der Waals surface area contributed by atoms with Crippen molar-refractivity contribution in [2.24, 2.45) is 5.11 Å². The fraction of sp³-hybridized carbons (Fsp3) is 0.882. The van der Waals surface area contributed by atoms with Crippen molar-refractivity contribution >= 4 is 12.1 Å². The molecule has 0 aromatic carbocycles. The first-order valence-corrected chi connectivity index (χ1v) is 9.23. The molecule has 0 saturated carbocycles. The number of carbonyl (C=O) groups excluding carboxylic acids is 2. The van der Waals surface area contributed by atoms with E-state index in [2.05, 4.69) is 14.9 Å². The molecule has 1 amide bonds. The summed E-state index contributed by atoms with van der Waals surface area (Å²) in [6.07, 6.45) is 0.284. The van der Waals surface area contributed by atoms with E-state index in [0.717, 1.165) is 26.1 Å². The topological polar surface area (TPSA) is 117 Å². The van der Waals surface area contributed by atoms with Gasteiger partial charge in [-0.05, 0) is 46.2 Å². The molecule has 1 rings (SSSR count). The highest BCUT2D eigenvalue weighted by Crippen LogP contribution is 2.12. The van der Waals surface area contributed by atoms with Crippen molar-refractivity contribution in [1.82, 2.24) is 9.80 Å². The molecule has 0 radical (unpaired) electrons. The van der Waals surface area contributed by atoms with Gasteiger partial charge in [0.25, 0.3) is 0 Å². The maximum absolute atomic E-state index is 12.3. The molecule has 1 aliphatic heterocycles. The lowest BCUT2D eigenvalue weighted by molar-refractivity contribution is -0.144. The Bertz CT molecular complexity index is 530. The molecule has 1 heterocycles. The Kier molecular flexibility index (Phi) is 9.92. The average Bonchev–Trinajstić information content (AvgIpc) is 3.00. The highest BCUT2D eigenvalue weighted by atomic mass is 16.6. The van der Waals surface area contributed by atoms with Crippen LogP contribution in [-0.4, -0.2) is 86.0 Å². The molecule has 10 heteroatoms. The van der Waals surface area contributed by atoms with Crippen molar-refractivity contribution < 1.29 is 23.8 Å². The summed E-state index contributed by atoms with van der Waals surface area (Å²) in [5.74, 6) is -0.482. The smallest absolute Gasteiger partial charge is 0.410 e. The molecule has 1 saturated heterocycles. The minimum Gasteiger partial charge on any atom is -0.465 e. The third kappa shape index (κ3) is 10.0. The molecule has 0 spiro atoms. The summed E-state index contributed by atoms with van der Waals surface area (Å²) in [4.78, 5) is 30.3. The van der Waals surface area contributed by atoms with E-state index < -0.39 is 17.7 Å². The van der Waals surface area contributed by atoms with Crippen LogP contribution in [0.5, 0.6) is 0 Å². The molecule has 0 aliphatic carbocycles. The van der Waals surface area contributed by atoms with Crippen molar-refractivity contribution in [3.8, 4) is 0 Å². The van der Waals surface area contributed by atoms with E-state index in [4.69, 9.17) is 19.7 Å². The van der Waals surface area contributed by atoms with E-state index in [1.54, 1.807) is 27.7 Å². The van der Waals surface area contributed by atoms with Gasteiger partial charge in [-0.15, -0.1) is 0 Å². The lowest BCUT2D eigenvalue weighted by Crippen LogP contribution is -2.42. The van der Waals surface area contributed by atoms with Crippen molar-refractivity contribution in [2.45, 2.75) is 45.8 Å². The second-order valence-electron chi connectivity index (χ2n) is 7.27. The lowest BCUT2D eigenvalue weighted by atomic mass is 10.2. The number of azide groups is 1. The van der Waals surface area contributed by atoms with E-state index in [9.17, 15) is 9.59 Å². The van der Waals surface area contributed by atoms with Gasteiger partial charge in [0.15, 0.2) is 0 Å². The zero-order valence-electron chi connectivity index (χ0n) is 16.7. The molecule has 0 aromatic rings. The molecule has 0 bridgehead atoms. The van der Waals surface area contributed by atoms with E-state index in [0.29, 0.717) is 6.61 Å². The average molecular weight is 385 g/mol. The maximum Gasteiger partial charge on any atom is 0.410 e. The molecule has 154 valence electrons. The second-order valence-corrected chi connectivity index (χ2v) is 7.27. The number of amides is 1. The third-order valence-electron chi connectivity index (χ3n) is 3.80. The number of nitrogens with zero attached hydrogens (tertiary/aromatic N) is 5. The van der Waals surface area contributed by atoms with Gasteiger partial charge < -0.3 is 19.1 Å². The Morgan fingerprint density at radius 3 is 2.70 bits per heavy atom. The van der Waals surface area contributed by atoms with Gasteiger partial charge in [0.1, 0.15) is 12.1 Å². The summed E-state index contributed by atoms with van der Waals surface area (Å²) < 4.78 is 15.8. The van der Waals surface area contributed by atoms with Crippen molar-refractivity contribution in [1.29, 1.82) is 0 Å². The predicted molar refractivity (Wildman–Crippen MR) is 99.3 cm³/mol. The predicted octanol–water partition coefficient (Wildman–Crippen LogP) is 2.19. The van der Waals surface area contributed by atoms with Crippen molar-refractivity contribution in [3.63, 3.8) is 0 Å². The van der Waals surface area contributed by atoms with Crippen LogP contribution in [0, 0.1) is 0 Å². The van der Waals surface area contributed by atoms with Gasteiger partial charge in [-0.3, -0.25) is 9.69 Å². The highest BCUT2D eigenvalue weighted by molar-refractivity contribution is 5.78. The molecular formula is C17H31N5O5. The first-order chi connectivity index (χ1) is 12.7. The summed E-state index contributed by atoms with van der Waals surface area (Å²) >= 11 is 0. The number of ether oxygens (including phenoxy) is 3. The van der Waals surface area contributed by atoms with Crippen LogP contribution in [0.2, 0.25) is 0 Å². The van der Waals surface area contributed by atoms with Gasteiger partial charge in [-0.2, -0.15) is 0 Å². The Labute approximate surface area is 160 Å². The van der Waals surface area contributed by atoms with Crippen LogP contribution in [0.3, 0.4) is 0 Å². The normalized spacial score (nSPS) is 17.3. The number of carbonyl (C=O) groups is 2. The lowest BCUT2D eigenvalue weighted by Gasteiger charge is -2.26. The molecule has 27 heavy (non-hydrogen) atoms. The molecule has 1 fully saturated rings. The zero-order chi connectivity index (χ0) is 20.3. The van der Waals surface area contributed by atoms with E-state index >= 15 is 0 Å². The number of esters is 1. The molecule has 1 unspecified atom stereocenters. The Morgan fingerprint density at radius 2 is 2.07 bits per heavy atom. The quantitative estimate of drug-likeness (QED) is 0.187. The van der Waals surface area contributed by atoms with Crippen molar-refractivity contribution in [3.05, 3.63) is 10.4 Å². The summed E-state index contributed by atoms with van der Waals surface area (Å²) in [5.41, 5.74) is 7.81. The zero-order valence-corrected chi connectivity index (χ0v) is 16.7. The van der Waals surface area contributed by atoms with Gasteiger partial charge in [-0.25, -0.2) is 4.79 Å². The van der Waals surface area contributed by atoms with Gasteiger partial charge >= 0.3 is 12.1 Å². The third-order valence-corrected chi connectivity index (χ3v) is 3.80. The molecule has 0 aromatic heterocycles. The fourth-order valence-electron chi connectivity index (χ4n) is 2.58. The molecule has 1 atom stereocenters. The largest absolute Gasteiger partial charge is 0.465 e. The Morgan fingerprint density at radius 1 is 1.33 bits per heavy atom. The van der Waals surface area contributed by atoms with Crippen LogP contribution >= 0.6 is 0 Å². The number of rotatable bonds is 10. The number of hydrogen-bond acceptors (Lipinski definition) is 7. The van der Waals surface area contributed by atoms with Crippen LogP contribution in [0.25, 0.3) is 10.4 Å². The summed E-state index contributed by atoms with van der Waals surface area (Å²) in [5, 5.41) is 3.73. The standard InChI is InChI=1S/C17H31N5O5/c1-5-26-15(23)13-22(16(24)27-17(2,3)4)9-11-25-10-8-21-7-6-14(12-21)19-20-18/h14H,5-13H2,1-4H3. The van der Waals surface area contributed by atoms with Crippen LogP contribution in [-0.2, 0) is 19.0 Å². The van der Waals surface area contributed by atoms with Crippen LogP contribution in [0.1, 0.15) is 34.1 Å². The fourth-order valence-corrected chi connectivity index (χ4v) is 2.58. The maximum atomic E-state index is 12.3. The first kappa shape index (κ1) is 23.0. The molecule has 1 aliphatic rings. The van der Waals surface area contributed by atoms with Gasteiger partial charge in [-0.1, -0.05) is 5.11 Å². The molecular weight excluding hydrogens is 354 g/mol. The summed E-state index contributed by atoms with van der Waals surface area (Å²) in [6.45, 7) is 10.4. The minimum absolute atomic E-state index is 0.0298. The summed E-state index contributed by atoms with van der Waals surface area (Å²) in [7, 11) is 0. The monoisotopic (exact) mass is 385 g/mol.